The van der Waals surface area contributed by atoms with E-state index in [1.165, 1.54) is 18.4 Å². The van der Waals surface area contributed by atoms with Crippen LogP contribution in [0.15, 0.2) is 29.0 Å². The summed E-state index contributed by atoms with van der Waals surface area (Å²) < 4.78 is 11.3. The average molecular weight is 256 g/mol. The van der Waals surface area contributed by atoms with Gasteiger partial charge in [0.15, 0.2) is 0 Å². The molecule has 4 nitrogen and oxygen atoms in total. The van der Waals surface area contributed by atoms with Crippen molar-refractivity contribution in [1.29, 1.82) is 0 Å². The number of fused-ring (bicyclic) bond motifs is 3. The second-order valence-corrected chi connectivity index (χ2v) is 5.32. The van der Waals surface area contributed by atoms with Gasteiger partial charge in [-0.3, -0.25) is 4.90 Å². The molecule has 19 heavy (non-hydrogen) atoms. The molecule has 0 amide bonds. The summed E-state index contributed by atoms with van der Waals surface area (Å²) in [6.45, 7) is 1.71. The highest BCUT2D eigenvalue weighted by atomic mass is 16.5. The van der Waals surface area contributed by atoms with Crippen molar-refractivity contribution in [1.82, 2.24) is 9.88 Å². The Morgan fingerprint density at radius 2 is 2.37 bits per heavy atom. The Kier molecular flexibility index (Phi) is 2.38. The van der Waals surface area contributed by atoms with Crippen LogP contribution in [0.4, 0.5) is 0 Å². The molecule has 0 saturated carbocycles. The first-order valence-electron chi connectivity index (χ1n) is 6.72. The van der Waals surface area contributed by atoms with Crippen molar-refractivity contribution in [3.8, 4) is 17.2 Å². The van der Waals surface area contributed by atoms with Gasteiger partial charge in [-0.25, -0.2) is 4.98 Å². The van der Waals surface area contributed by atoms with Crippen LogP contribution in [-0.2, 0) is 6.61 Å². The van der Waals surface area contributed by atoms with Gasteiger partial charge in [-0.1, -0.05) is 0 Å². The zero-order valence-corrected chi connectivity index (χ0v) is 10.9. The molecule has 0 N–H and O–H groups in total. The van der Waals surface area contributed by atoms with E-state index in [1.807, 2.05) is 12.3 Å². The number of rotatable bonds is 1. The third-order valence-electron chi connectivity index (χ3n) is 4.13. The van der Waals surface area contributed by atoms with E-state index in [4.69, 9.17) is 9.15 Å². The molecule has 4 heterocycles. The van der Waals surface area contributed by atoms with Crippen LogP contribution >= 0.6 is 0 Å². The minimum absolute atomic E-state index is 0.470. The largest absolute Gasteiger partial charge is 0.472 e. The lowest BCUT2D eigenvalue weighted by molar-refractivity contribution is 0.284. The van der Waals surface area contributed by atoms with Crippen molar-refractivity contribution < 1.29 is 9.15 Å². The van der Waals surface area contributed by atoms with Crippen LogP contribution in [-0.4, -0.2) is 23.5 Å². The molecule has 0 aromatic carbocycles. The molecule has 0 unspecified atom stereocenters. The van der Waals surface area contributed by atoms with Crippen LogP contribution in [0.25, 0.3) is 11.3 Å². The fourth-order valence-electron chi connectivity index (χ4n) is 3.09. The number of aromatic nitrogens is 1. The Labute approximate surface area is 112 Å². The van der Waals surface area contributed by atoms with Crippen molar-refractivity contribution in [3.05, 3.63) is 35.7 Å². The molecule has 0 bridgehead atoms. The van der Waals surface area contributed by atoms with E-state index in [-0.39, 0.29) is 0 Å². The van der Waals surface area contributed by atoms with E-state index in [9.17, 15) is 0 Å². The number of hydrogen-bond acceptors (Lipinski definition) is 4. The van der Waals surface area contributed by atoms with Crippen molar-refractivity contribution >= 4 is 0 Å². The Morgan fingerprint density at radius 1 is 1.42 bits per heavy atom. The first-order valence-corrected chi connectivity index (χ1v) is 6.72. The molecule has 2 aromatic rings. The van der Waals surface area contributed by atoms with Gasteiger partial charge in [0.25, 0.3) is 0 Å². The third-order valence-corrected chi connectivity index (χ3v) is 4.13. The second kappa shape index (κ2) is 4.10. The van der Waals surface area contributed by atoms with Gasteiger partial charge in [0.2, 0.25) is 5.88 Å². The number of nitrogens with zero attached hydrogens (tertiary/aromatic N) is 2. The molecule has 1 fully saturated rings. The third kappa shape index (κ3) is 1.67. The number of furan rings is 1. The fourth-order valence-corrected chi connectivity index (χ4v) is 3.09. The summed E-state index contributed by atoms with van der Waals surface area (Å²) in [5, 5.41) is 0. The maximum absolute atomic E-state index is 5.67. The Morgan fingerprint density at radius 3 is 3.21 bits per heavy atom. The van der Waals surface area contributed by atoms with Gasteiger partial charge < -0.3 is 9.15 Å². The maximum atomic E-state index is 5.67. The monoisotopic (exact) mass is 256 g/mol. The molecule has 0 radical (unpaired) electrons. The van der Waals surface area contributed by atoms with Gasteiger partial charge in [0.05, 0.1) is 11.8 Å². The molecule has 1 saturated heterocycles. The zero-order chi connectivity index (χ0) is 12.8. The highest BCUT2D eigenvalue weighted by Gasteiger charge is 2.27. The summed E-state index contributed by atoms with van der Waals surface area (Å²) in [6.07, 6.45) is 6.11. The van der Waals surface area contributed by atoms with Crippen LogP contribution in [0.1, 0.15) is 30.0 Å². The van der Waals surface area contributed by atoms with E-state index < -0.39 is 0 Å². The molecule has 0 aliphatic carbocycles. The number of likely N-dealkylation sites (tertiary alicyclic amines) is 1. The summed E-state index contributed by atoms with van der Waals surface area (Å²) >= 11 is 0. The highest BCUT2D eigenvalue weighted by molar-refractivity contribution is 5.69. The minimum Gasteiger partial charge on any atom is -0.472 e. The molecule has 1 atom stereocenters. The number of hydrogen-bond donors (Lipinski definition) is 0. The SMILES string of the molecule is CN1CCC[C@H]1c1cnc2c(c1)-c1occc1CO2. The van der Waals surface area contributed by atoms with Crippen LogP contribution in [0.3, 0.4) is 0 Å². The Hall–Kier alpha value is -1.81. The number of pyridine rings is 1. The maximum Gasteiger partial charge on any atom is 0.224 e. The van der Waals surface area contributed by atoms with Gasteiger partial charge in [-0.2, -0.15) is 0 Å². The van der Waals surface area contributed by atoms with Gasteiger partial charge in [0.1, 0.15) is 12.4 Å². The first-order chi connectivity index (χ1) is 9.33. The predicted molar refractivity (Wildman–Crippen MR) is 70.9 cm³/mol. The van der Waals surface area contributed by atoms with Crippen LogP contribution in [0.2, 0.25) is 0 Å². The molecule has 98 valence electrons. The molecule has 2 aromatic heterocycles. The second-order valence-electron chi connectivity index (χ2n) is 5.32. The molecule has 4 heteroatoms. The Bertz CT molecular complexity index is 620. The van der Waals surface area contributed by atoms with E-state index >= 15 is 0 Å². The lowest BCUT2D eigenvalue weighted by Crippen LogP contribution is -2.18. The first kappa shape index (κ1) is 11.1. The van der Waals surface area contributed by atoms with Gasteiger partial charge in [-0.05, 0) is 44.1 Å². The summed E-state index contributed by atoms with van der Waals surface area (Å²) in [6, 6.07) is 4.61. The number of ether oxygens (including phenoxy) is 1. The quantitative estimate of drug-likeness (QED) is 0.786. The van der Waals surface area contributed by atoms with Crippen LogP contribution < -0.4 is 4.74 Å². The van der Waals surface area contributed by atoms with Crippen molar-refractivity contribution in [2.45, 2.75) is 25.5 Å². The molecule has 4 rings (SSSR count). The summed E-state index contributed by atoms with van der Waals surface area (Å²) in [7, 11) is 2.17. The van der Waals surface area contributed by atoms with E-state index in [0.717, 1.165) is 23.4 Å². The van der Waals surface area contributed by atoms with Crippen LogP contribution in [0, 0.1) is 0 Å². The van der Waals surface area contributed by atoms with Crippen molar-refractivity contribution in [3.63, 3.8) is 0 Å². The summed E-state index contributed by atoms with van der Waals surface area (Å²) in [5.41, 5.74) is 3.35. The van der Waals surface area contributed by atoms with Gasteiger partial charge in [0, 0.05) is 17.8 Å². The molecule has 0 spiro atoms. The fraction of sp³-hybridized carbons (Fsp3) is 0.400. The van der Waals surface area contributed by atoms with E-state index in [0.29, 0.717) is 18.5 Å². The average Bonchev–Trinajstić information content (AvgIpc) is 3.06. The smallest absolute Gasteiger partial charge is 0.224 e. The zero-order valence-electron chi connectivity index (χ0n) is 10.9. The van der Waals surface area contributed by atoms with E-state index in [2.05, 4.69) is 23.0 Å². The van der Waals surface area contributed by atoms with Gasteiger partial charge >= 0.3 is 0 Å². The predicted octanol–water partition coefficient (Wildman–Crippen LogP) is 3.00. The standard InChI is InChI=1S/C15H16N2O2/c1-17-5-2-3-13(17)11-7-12-14-10(4-6-18-14)9-19-15(12)16-8-11/h4,6-8,13H,2-3,5,9H2,1H3/t13-/m0/s1. The highest BCUT2D eigenvalue weighted by Crippen LogP contribution is 2.39. The van der Waals surface area contributed by atoms with Gasteiger partial charge in [-0.15, -0.1) is 0 Å². The van der Waals surface area contributed by atoms with Crippen molar-refractivity contribution in [2.75, 3.05) is 13.6 Å². The molecular formula is C15H16N2O2. The molecule has 2 aliphatic heterocycles. The normalized spacial score (nSPS) is 21.8. The lowest BCUT2D eigenvalue weighted by Gasteiger charge is -2.22. The minimum atomic E-state index is 0.470. The summed E-state index contributed by atoms with van der Waals surface area (Å²) in [5.74, 6) is 1.60. The van der Waals surface area contributed by atoms with Crippen molar-refractivity contribution in [2.24, 2.45) is 0 Å². The molecule has 2 aliphatic rings. The topological polar surface area (TPSA) is 38.5 Å². The lowest BCUT2D eigenvalue weighted by atomic mass is 10.0. The Balaban J connectivity index is 1.80. The van der Waals surface area contributed by atoms with Crippen LogP contribution in [0.5, 0.6) is 5.88 Å². The molecular weight excluding hydrogens is 240 g/mol. The summed E-state index contributed by atoms with van der Waals surface area (Å²) in [4.78, 5) is 6.85. The van der Waals surface area contributed by atoms with E-state index in [1.54, 1.807) is 6.26 Å².